The molecule has 8 heteroatoms. The van der Waals surface area contributed by atoms with Crippen molar-refractivity contribution in [2.24, 2.45) is 5.92 Å². The average Bonchev–Trinajstić information content (AvgIpc) is 3.24. The summed E-state index contributed by atoms with van der Waals surface area (Å²) in [6.45, 7) is 0.963. The lowest BCUT2D eigenvalue weighted by Crippen LogP contribution is -2.32. The van der Waals surface area contributed by atoms with Gasteiger partial charge in [0.15, 0.2) is 0 Å². The van der Waals surface area contributed by atoms with Crippen LogP contribution in [0.4, 0.5) is 10.7 Å². The quantitative estimate of drug-likeness (QED) is 0.479. The third-order valence-electron chi connectivity index (χ3n) is 5.76. The van der Waals surface area contributed by atoms with E-state index in [1.165, 1.54) is 0 Å². The lowest BCUT2D eigenvalue weighted by molar-refractivity contribution is 0.0996. The van der Waals surface area contributed by atoms with Gasteiger partial charge >= 0.3 is 6.09 Å². The van der Waals surface area contributed by atoms with Crippen LogP contribution in [-0.4, -0.2) is 47.7 Å². The molecule has 1 aliphatic rings. The molecule has 32 heavy (non-hydrogen) atoms. The Morgan fingerprint density at radius 1 is 1.25 bits per heavy atom. The number of hydrogen-bond acceptors (Lipinski definition) is 6. The molecule has 0 saturated heterocycles. The van der Waals surface area contributed by atoms with E-state index in [1.807, 2.05) is 42.5 Å². The first-order valence-electron chi connectivity index (χ1n) is 10.7. The molecule has 1 aliphatic carbocycles. The Balaban J connectivity index is 1.30. The van der Waals surface area contributed by atoms with Crippen molar-refractivity contribution in [1.82, 2.24) is 14.9 Å². The molecule has 2 atom stereocenters. The van der Waals surface area contributed by atoms with Gasteiger partial charge in [-0.05, 0) is 42.9 Å². The van der Waals surface area contributed by atoms with E-state index >= 15 is 0 Å². The zero-order valence-corrected chi connectivity index (χ0v) is 19.8. The zero-order chi connectivity index (χ0) is 22.5. The summed E-state index contributed by atoms with van der Waals surface area (Å²) in [5, 5.41) is 4.37. The van der Waals surface area contributed by atoms with Crippen LogP contribution < -0.4 is 10.1 Å². The van der Waals surface area contributed by atoms with Gasteiger partial charge in [-0.3, -0.25) is 0 Å². The zero-order valence-electron chi connectivity index (χ0n) is 18.3. The number of nitrogens with one attached hydrogen (secondary N) is 1. The van der Waals surface area contributed by atoms with E-state index in [4.69, 9.17) is 9.47 Å². The smallest absolute Gasteiger partial charge is 0.409 e. The molecule has 4 rings (SSSR count). The maximum atomic E-state index is 12.3. The third kappa shape index (κ3) is 5.48. The summed E-state index contributed by atoms with van der Waals surface area (Å²) < 4.78 is 11.8. The predicted molar refractivity (Wildman–Crippen MR) is 128 cm³/mol. The van der Waals surface area contributed by atoms with Crippen molar-refractivity contribution in [2.75, 3.05) is 26.0 Å². The van der Waals surface area contributed by atoms with Crippen LogP contribution in [-0.2, 0) is 11.3 Å². The molecule has 3 aromatic rings. The van der Waals surface area contributed by atoms with Gasteiger partial charge in [0.2, 0.25) is 5.95 Å². The third-order valence-corrected chi connectivity index (χ3v) is 6.21. The Hall–Kier alpha value is -2.87. The van der Waals surface area contributed by atoms with Gasteiger partial charge in [-0.25, -0.2) is 14.8 Å². The second kappa shape index (κ2) is 10.2. The molecular formula is C24H27BrN4O3. The Morgan fingerprint density at radius 2 is 2.06 bits per heavy atom. The highest BCUT2D eigenvalue weighted by Gasteiger charge is 2.27. The lowest BCUT2D eigenvalue weighted by Gasteiger charge is -2.21. The molecule has 1 N–H and O–H groups in total. The summed E-state index contributed by atoms with van der Waals surface area (Å²) in [6.07, 6.45) is 4.52. The molecule has 2 aromatic carbocycles. The molecule has 0 unspecified atom stereocenters. The number of carbonyl (C=O) groups is 1. The number of amides is 1. The van der Waals surface area contributed by atoms with Crippen molar-refractivity contribution in [3.05, 3.63) is 58.7 Å². The number of hydrogen-bond donors (Lipinski definition) is 1. The Kier molecular flexibility index (Phi) is 7.09. The molecule has 1 amide bonds. The molecule has 1 fully saturated rings. The van der Waals surface area contributed by atoms with Gasteiger partial charge in [0.05, 0.1) is 7.11 Å². The fourth-order valence-electron chi connectivity index (χ4n) is 4.15. The molecule has 0 spiro atoms. The van der Waals surface area contributed by atoms with Crippen LogP contribution in [0, 0.1) is 5.92 Å². The number of fused-ring (bicyclic) bond motifs is 1. The summed E-state index contributed by atoms with van der Waals surface area (Å²) >= 11 is 3.48. The van der Waals surface area contributed by atoms with Gasteiger partial charge < -0.3 is 19.7 Å². The highest BCUT2D eigenvalue weighted by atomic mass is 79.9. The minimum atomic E-state index is -0.290. The maximum Gasteiger partial charge on any atom is 0.409 e. The van der Waals surface area contributed by atoms with Crippen molar-refractivity contribution < 1.29 is 14.3 Å². The minimum absolute atomic E-state index is 0.271. The molecule has 1 aromatic heterocycles. The van der Waals surface area contributed by atoms with Crippen molar-refractivity contribution in [3.8, 4) is 5.75 Å². The molecule has 1 saturated carbocycles. The number of rotatable bonds is 7. The number of nitrogens with zero attached hydrogens (tertiary/aromatic N) is 3. The predicted octanol–water partition coefficient (Wildman–Crippen LogP) is 5.25. The molecule has 0 radical (unpaired) electrons. The second-order valence-corrected chi connectivity index (χ2v) is 9.10. The summed E-state index contributed by atoms with van der Waals surface area (Å²) in [4.78, 5) is 23.1. The van der Waals surface area contributed by atoms with Crippen LogP contribution in [0.5, 0.6) is 5.75 Å². The number of carbonyl (C=O) groups excluding carboxylic acids is 1. The number of anilines is 1. The van der Waals surface area contributed by atoms with Crippen LogP contribution in [0.3, 0.4) is 0 Å². The summed E-state index contributed by atoms with van der Waals surface area (Å²) in [5.74, 6) is 1.71. The van der Waals surface area contributed by atoms with Gasteiger partial charge in [0.25, 0.3) is 0 Å². The van der Waals surface area contributed by atoms with E-state index in [1.54, 1.807) is 25.3 Å². The molecule has 7 nitrogen and oxygen atoms in total. The largest absolute Gasteiger partial charge is 0.494 e. The number of benzene rings is 2. The second-order valence-electron chi connectivity index (χ2n) is 8.18. The van der Waals surface area contributed by atoms with Crippen LogP contribution in [0.15, 0.2) is 53.1 Å². The van der Waals surface area contributed by atoms with Crippen molar-refractivity contribution in [2.45, 2.75) is 31.9 Å². The normalized spacial score (nSPS) is 17.8. The van der Waals surface area contributed by atoms with Crippen LogP contribution in [0.25, 0.3) is 10.9 Å². The van der Waals surface area contributed by atoms with E-state index in [-0.39, 0.29) is 18.7 Å². The first kappa shape index (κ1) is 22.3. The van der Waals surface area contributed by atoms with E-state index in [9.17, 15) is 4.79 Å². The molecule has 1 heterocycles. The monoisotopic (exact) mass is 498 g/mol. The Bertz CT molecular complexity index is 1080. The lowest BCUT2D eigenvalue weighted by atomic mass is 10.1. The van der Waals surface area contributed by atoms with Gasteiger partial charge in [0, 0.05) is 35.7 Å². The van der Waals surface area contributed by atoms with Crippen molar-refractivity contribution in [1.29, 1.82) is 0 Å². The Morgan fingerprint density at radius 3 is 2.84 bits per heavy atom. The molecular weight excluding hydrogens is 472 g/mol. The number of aromatic nitrogens is 2. The molecule has 168 valence electrons. The fraction of sp³-hybridized carbons (Fsp3) is 0.375. The van der Waals surface area contributed by atoms with Crippen molar-refractivity contribution in [3.63, 3.8) is 0 Å². The van der Waals surface area contributed by atoms with Gasteiger partial charge in [0.1, 0.15) is 17.9 Å². The maximum absolute atomic E-state index is 12.3. The number of ether oxygens (including phenoxy) is 2. The van der Waals surface area contributed by atoms with Gasteiger partial charge in [-0.2, -0.15) is 0 Å². The highest BCUT2D eigenvalue weighted by Crippen LogP contribution is 2.31. The summed E-state index contributed by atoms with van der Waals surface area (Å²) in [7, 11) is 3.43. The van der Waals surface area contributed by atoms with Crippen LogP contribution in [0.1, 0.15) is 24.8 Å². The topological polar surface area (TPSA) is 76.6 Å². The van der Waals surface area contributed by atoms with E-state index in [0.717, 1.165) is 40.2 Å². The van der Waals surface area contributed by atoms with E-state index < -0.39 is 0 Å². The molecule has 0 bridgehead atoms. The average molecular weight is 499 g/mol. The van der Waals surface area contributed by atoms with Crippen LogP contribution >= 0.6 is 15.9 Å². The first-order valence-corrected chi connectivity index (χ1v) is 11.5. The number of methoxy groups -OCH3 is 1. The number of halogens is 1. The van der Waals surface area contributed by atoms with Gasteiger partial charge in [-0.15, -0.1) is 0 Å². The highest BCUT2D eigenvalue weighted by molar-refractivity contribution is 9.10. The fourth-order valence-corrected chi connectivity index (χ4v) is 4.60. The van der Waals surface area contributed by atoms with Crippen LogP contribution in [0.2, 0.25) is 0 Å². The van der Waals surface area contributed by atoms with E-state index in [0.29, 0.717) is 24.2 Å². The SMILES string of the molecule is COc1cc(Br)cc2cnc(N[C@@H]3CC[C@@H](CN(C)C(=O)OCc4ccccc4)C3)nc12. The minimum Gasteiger partial charge on any atom is -0.494 e. The van der Waals surface area contributed by atoms with E-state index in [2.05, 4.69) is 31.2 Å². The molecule has 0 aliphatic heterocycles. The van der Waals surface area contributed by atoms with Gasteiger partial charge in [-0.1, -0.05) is 46.3 Å². The Labute approximate surface area is 196 Å². The first-order chi connectivity index (χ1) is 15.5. The summed E-state index contributed by atoms with van der Waals surface area (Å²) in [5.41, 5.74) is 1.77. The standard InChI is InChI=1S/C24H27BrN4O3/c1-29(24(30)32-15-16-6-4-3-5-7-16)14-17-8-9-20(10-17)27-23-26-13-18-11-19(25)12-21(31-2)22(18)28-23/h3-7,11-13,17,20H,8-10,14-15H2,1-2H3,(H,26,27,28)/t17-,20-/m1/s1. The van der Waals surface area contributed by atoms with Crippen molar-refractivity contribution >= 4 is 38.9 Å². The summed E-state index contributed by atoms with van der Waals surface area (Å²) in [6, 6.07) is 13.9.